The van der Waals surface area contributed by atoms with Crippen LogP contribution in [0.5, 0.6) is 0 Å². The number of oxazole rings is 1. The number of likely N-dealkylation sites (tertiary alicyclic amines) is 1. The highest BCUT2D eigenvalue weighted by Gasteiger charge is 2.31. The van der Waals surface area contributed by atoms with Crippen LogP contribution < -0.4 is 5.73 Å². The quantitative estimate of drug-likeness (QED) is 0.936. The molecule has 0 radical (unpaired) electrons. The molecule has 2 unspecified atom stereocenters. The first-order chi connectivity index (χ1) is 10.7. The minimum absolute atomic E-state index is 0. The summed E-state index contributed by atoms with van der Waals surface area (Å²) in [5.74, 6) is 0.988. The van der Waals surface area contributed by atoms with Crippen LogP contribution in [0.25, 0.3) is 11.5 Å². The number of hydrogen-bond acceptors (Lipinski definition) is 4. The number of halogens is 1. The lowest BCUT2D eigenvalue weighted by Crippen LogP contribution is -2.49. The van der Waals surface area contributed by atoms with Gasteiger partial charge in [-0.25, -0.2) is 4.98 Å². The van der Waals surface area contributed by atoms with E-state index in [4.69, 9.17) is 10.2 Å². The molecular formula is C17H22ClN3O2. The van der Waals surface area contributed by atoms with E-state index < -0.39 is 0 Å². The minimum Gasteiger partial charge on any atom is -0.444 e. The molecule has 1 fully saturated rings. The second-order valence-corrected chi connectivity index (χ2v) is 5.92. The van der Waals surface area contributed by atoms with Crippen LogP contribution >= 0.6 is 12.4 Å². The van der Waals surface area contributed by atoms with Crippen molar-refractivity contribution in [3.8, 4) is 11.5 Å². The Morgan fingerprint density at radius 3 is 2.83 bits per heavy atom. The Labute approximate surface area is 142 Å². The van der Waals surface area contributed by atoms with E-state index >= 15 is 0 Å². The monoisotopic (exact) mass is 335 g/mol. The molecule has 0 aliphatic carbocycles. The van der Waals surface area contributed by atoms with Gasteiger partial charge in [-0.3, -0.25) is 4.79 Å². The van der Waals surface area contributed by atoms with Crippen LogP contribution in [0.3, 0.4) is 0 Å². The average molecular weight is 336 g/mol. The van der Waals surface area contributed by atoms with Crippen molar-refractivity contribution < 1.29 is 9.21 Å². The maximum Gasteiger partial charge on any atom is 0.276 e. The van der Waals surface area contributed by atoms with Gasteiger partial charge in [-0.2, -0.15) is 0 Å². The summed E-state index contributed by atoms with van der Waals surface area (Å²) in [5, 5.41) is 0. The van der Waals surface area contributed by atoms with Gasteiger partial charge >= 0.3 is 0 Å². The van der Waals surface area contributed by atoms with Crippen molar-refractivity contribution in [1.82, 2.24) is 9.88 Å². The Morgan fingerprint density at radius 1 is 1.39 bits per heavy atom. The van der Waals surface area contributed by atoms with E-state index in [0.717, 1.165) is 24.9 Å². The fraction of sp³-hybridized carbons (Fsp3) is 0.412. The van der Waals surface area contributed by atoms with Crippen LogP contribution in [-0.4, -0.2) is 34.9 Å². The summed E-state index contributed by atoms with van der Waals surface area (Å²) in [7, 11) is 0. The Bertz CT molecular complexity index is 644. The predicted octanol–water partition coefficient (Wildman–Crippen LogP) is 2.96. The molecule has 2 atom stereocenters. The zero-order valence-electron chi connectivity index (χ0n) is 13.1. The van der Waals surface area contributed by atoms with Gasteiger partial charge in [-0.1, -0.05) is 25.1 Å². The van der Waals surface area contributed by atoms with Gasteiger partial charge < -0.3 is 15.1 Å². The van der Waals surface area contributed by atoms with Gasteiger partial charge in [-0.05, 0) is 30.9 Å². The van der Waals surface area contributed by atoms with E-state index in [-0.39, 0.29) is 24.4 Å². The third kappa shape index (κ3) is 3.74. The molecule has 2 N–H and O–H groups in total. The lowest BCUT2D eigenvalue weighted by Gasteiger charge is -2.37. The number of hydrogen-bond donors (Lipinski definition) is 1. The summed E-state index contributed by atoms with van der Waals surface area (Å²) in [6, 6.07) is 9.67. The molecular weight excluding hydrogens is 314 g/mol. The SMILES string of the molecule is CC1CCN(C(=O)c2coc(-c3ccccc3)n2)C(CN)C1.Cl. The lowest BCUT2D eigenvalue weighted by molar-refractivity contribution is 0.0567. The summed E-state index contributed by atoms with van der Waals surface area (Å²) in [5.41, 5.74) is 7.05. The third-order valence-corrected chi connectivity index (χ3v) is 4.25. The summed E-state index contributed by atoms with van der Waals surface area (Å²) in [4.78, 5) is 18.9. The molecule has 6 heteroatoms. The first-order valence-electron chi connectivity index (χ1n) is 7.71. The largest absolute Gasteiger partial charge is 0.444 e. The second kappa shape index (κ2) is 7.62. The molecule has 0 saturated carbocycles. The van der Waals surface area contributed by atoms with Gasteiger partial charge in [0.1, 0.15) is 6.26 Å². The number of aromatic nitrogens is 1. The Hall–Kier alpha value is -1.85. The predicted molar refractivity (Wildman–Crippen MR) is 91.5 cm³/mol. The standard InChI is InChI=1S/C17H21N3O2.ClH/c1-12-7-8-20(14(9-12)10-18)17(21)15-11-22-16(19-15)13-5-3-2-4-6-13;/h2-6,11-12,14H,7-10,18H2,1H3;1H. The van der Waals surface area contributed by atoms with Crippen molar-refractivity contribution in [3.05, 3.63) is 42.3 Å². The number of nitrogens with two attached hydrogens (primary N) is 1. The molecule has 1 amide bonds. The second-order valence-electron chi connectivity index (χ2n) is 5.92. The van der Waals surface area contributed by atoms with Crippen LogP contribution in [-0.2, 0) is 0 Å². The number of nitrogens with zero attached hydrogens (tertiary/aromatic N) is 2. The van der Waals surface area contributed by atoms with Crippen LogP contribution in [0, 0.1) is 5.92 Å². The molecule has 1 aliphatic rings. The molecule has 124 valence electrons. The Kier molecular flexibility index (Phi) is 5.80. The maximum atomic E-state index is 12.7. The number of rotatable bonds is 3. The van der Waals surface area contributed by atoms with Crippen molar-refractivity contribution in [3.63, 3.8) is 0 Å². The number of carbonyl (C=O) groups is 1. The van der Waals surface area contributed by atoms with E-state index in [1.165, 1.54) is 6.26 Å². The molecule has 2 aromatic rings. The molecule has 5 nitrogen and oxygen atoms in total. The van der Waals surface area contributed by atoms with Gasteiger partial charge in [0.15, 0.2) is 5.69 Å². The summed E-state index contributed by atoms with van der Waals surface area (Å²) >= 11 is 0. The average Bonchev–Trinajstić information content (AvgIpc) is 3.05. The first kappa shape index (κ1) is 17.5. The minimum atomic E-state index is -0.0896. The van der Waals surface area contributed by atoms with Crippen molar-refractivity contribution in [2.24, 2.45) is 11.7 Å². The molecule has 0 spiro atoms. The van der Waals surface area contributed by atoms with Gasteiger partial charge in [0, 0.05) is 24.7 Å². The van der Waals surface area contributed by atoms with E-state index in [1.807, 2.05) is 35.2 Å². The smallest absolute Gasteiger partial charge is 0.276 e. The van der Waals surface area contributed by atoms with Crippen molar-refractivity contribution in [2.45, 2.75) is 25.8 Å². The fourth-order valence-electron chi connectivity index (χ4n) is 2.97. The number of benzene rings is 1. The van der Waals surface area contributed by atoms with Gasteiger partial charge in [0.25, 0.3) is 5.91 Å². The highest BCUT2D eigenvalue weighted by atomic mass is 35.5. The first-order valence-corrected chi connectivity index (χ1v) is 7.71. The van der Waals surface area contributed by atoms with E-state index in [0.29, 0.717) is 24.0 Å². The highest BCUT2D eigenvalue weighted by molar-refractivity contribution is 5.92. The zero-order valence-corrected chi connectivity index (χ0v) is 14.0. The number of amides is 1. The molecule has 1 saturated heterocycles. The van der Waals surface area contributed by atoms with E-state index in [9.17, 15) is 4.79 Å². The topological polar surface area (TPSA) is 72.4 Å². The fourth-order valence-corrected chi connectivity index (χ4v) is 2.97. The maximum absolute atomic E-state index is 12.7. The number of carbonyl (C=O) groups excluding carboxylic acids is 1. The van der Waals surface area contributed by atoms with Gasteiger partial charge in [0.2, 0.25) is 5.89 Å². The Balaban J connectivity index is 0.00000192. The van der Waals surface area contributed by atoms with Crippen LogP contribution in [0.2, 0.25) is 0 Å². The molecule has 23 heavy (non-hydrogen) atoms. The van der Waals surface area contributed by atoms with Gasteiger partial charge in [0.05, 0.1) is 0 Å². The summed E-state index contributed by atoms with van der Waals surface area (Å²) in [6.45, 7) is 3.42. The molecule has 1 aliphatic heterocycles. The van der Waals surface area contributed by atoms with Gasteiger partial charge in [-0.15, -0.1) is 12.4 Å². The molecule has 1 aromatic heterocycles. The van der Waals surface area contributed by atoms with Crippen molar-refractivity contribution in [2.75, 3.05) is 13.1 Å². The Morgan fingerprint density at radius 2 is 2.13 bits per heavy atom. The molecule has 0 bridgehead atoms. The van der Waals surface area contributed by atoms with Crippen molar-refractivity contribution in [1.29, 1.82) is 0 Å². The van der Waals surface area contributed by atoms with Crippen molar-refractivity contribution >= 4 is 18.3 Å². The number of piperidine rings is 1. The van der Waals surface area contributed by atoms with Crippen LogP contribution in [0.4, 0.5) is 0 Å². The van der Waals surface area contributed by atoms with Crippen LogP contribution in [0.15, 0.2) is 41.0 Å². The normalized spacial score (nSPS) is 20.9. The molecule has 1 aromatic carbocycles. The van der Waals surface area contributed by atoms with E-state index in [2.05, 4.69) is 11.9 Å². The lowest BCUT2D eigenvalue weighted by atomic mass is 9.92. The summed E-state index contributed by atoms with van der Waals surface area (Å²) < 4.78 is 5.46. The molecule has 3 rings (SSSR count). The van der Waals surface area contributed by atoms with Crippen LogP contribution in [0.1, 0.15) is 30.3 Å². The van der Waals surface area contributed by atoms with E-state index in [1.54, 1.807) is 0 Å². The zero-order chi connectivity index (χ0) is 15.5. The summed E-state index contributed by atoms with van der Waals surface area (Å²) in [6.07, 6.45) is 3.40. The molecule has 2 heterocycles. The highest BCUT2D eigenvalue weighted by Crippen LogP contribution is 2.25. The third-order valence-electron chi connectivity index (χ3n) is 4.25.